The lowest BCUT2D eigenvalue weighted by Gasteiger charge is -2.12. The summed E-state index contributed by atoms with van der Waals surface area (Å²) in [4.78, 5) is 3.71. The molecule has 0 aliphatic heterocycles. The van der Waals surface area contributed by atoms with Crippen molar-refractivity contribution >= 4 is 23.5 Å². The van der Waals surface area contributed by atoms with Crippen LogP contribution in [0.4, 0.5) is 13.2 Å². The zero-order valence-corrected chi connectivity index (χ0v) is 8.85. The van der Waals surface area contributed by atoms with E-state index in [1.807, 2.05) is 0 Å². The molecule has 0 radical (unpaired) electrons. The van der Waals surface area contributed by atoms with Crippen molar-refractivity contribution in [2.75, 3.05) is 0 Å². The third-order valence-corrected chi connectivity index (χ3v) is 2.27. The molecule has 0 aliphatic carbocycles. The van der Waals surface area contributed by atoms with Gasteiger partial charge in [0.15, 0.2) is 0 Å². The molecule has 1 aromatic heterocycles. The minimum Gasteiger partial charge on any atom is -0.422 e. The van der Waals surface area contributed by atoms with E-state index in [1.54, 1.807) is 0 Å². The molecule has 0 saturated carbocycles. The minimum atomic E-state index is -4.81. The predicted molar refractivity (Wildman–Crippen MR) is 58.3 cm³/mol. The quantitative estimate of drug-likeness (QED) is 0.781. The maximum absolute atomic E-state index is 12.2. The second-order valence-electron chi connectivity index (χ2n) is 3.47. The fourth-order valence-electron chi connectivity index (χ4n) is 1.62. The number of aromatic nitrogens is 1. The fraction of sp³-hybridized carbons (Fsp3) is 0.100. The van der Waals surface area contributed by atoms with Crippen molar-refractivity contribution in [3.63, 3.8) is 0 Å². The number of fused-ring (bicyclic) bond motifs is 1. The highest BCUT2D eigenvalue weighted by atomic mass is 19.4. The Kier molecular flexibility index (Phi) is 3.14. The molecule has 94 valence electrons. The van der Waals surface area contributed by atoms with Crippen LogP contribution in [0.2, 0.25) is 0 Å². The van der Waals surface area contributed by atoms with E-state index in [4.69, 9.17) is 10.0 Å². The number of benzene rings is 1. The fourth-order valence-corrected chi connectivity index (χ4v) is 1.62. The molecule has 0 spiro atoms. The molecular weight excluding hydrogens is 250 g/mol. The third-order valence-electron chi connectivity index (χ3n) is 2.27. The summed E-state index contributed by atoms with van der Waals surface area (Å²) < 4.78 is 40.4. The van der Waals surface area contributed by atoms with Gasteiger partial charge in [-0.3, -0.25) is 4.98 Å². The van der Waals surface area contributed by atoms with Gasteiger partial charge in [-0.2, -0.15) is 0 Å². The molecule has 0 fully saturated rings. The third kappa shape index (κ3) is 2.54. The number of halogens is 3. The van der Waals surface area contributed by atoms with Crippen molar-refractivity contribution < 1.29 is 28.0 Å². The van der Waals surface area contributed by atoms with Crippen LogP contribution in [0.25, 0.3) is 10.8 Å². The summed E-state index contributed by atoms with van der Waals surface area (Å²) in [5.74, 6) is -0.413. The second kappa shape index (κ2) is 4.47. The van der Waals surface area contributed by atoms with Gasteiger partial charge in [0.25, 0.3) is 0 Å². The normalized spacial score (nSPS) is 11.6. The van der Waals surface area contributed by atoms with Crippen LogP contribution in [0.1, 0.15) is 0 Å². The van der Waals surface area contributed by atoms with Crippen LogP contribution >= 0.6 is 0 Å². The van der Waals surface area contributed by atoms with Crippen molar-refractivity contribution in [2.24, 2.45) is 0 Å². The van der Waals surface area contributed by atoms with E-state index >= 15 is 0 Å². The van der Waals surface area contributed by atoms with E-state index in [-0.39, 0.29) is 16.4 Å². The van der Waals surface area contributed by atoms with Gasteiger partial charge in [0, 0.05) is 17.0 Å². The average molecular weight is 257 g/mol. The highest BCUT2D eigenvalue weighted by molar-refractivity contribution is 6.60. The van der Waals surface area contributed by atoms with Gasteiger partial charge in [0.05, 0.1) is 5.59 Å². The van der Waals surface area contributed by atoms with Crippen molar-refractivity contribution in [1.29, 1.82) is 0 Å². The van der Waals surface area contributed by atoms with E-state index in [9.17, 15) is 13.2 Å². The number of pyridine rings is 1. The minimum absolute atomic E-state index is 0.105. The number of hydrogen-bond donors (Lipinski definition) is 2. The molecule has 18 heavy (non-hydrogen) atoms. The molecule has 2 rings (SSSR count). The number of nitrogens with zero attached hydrogens (tertiary/aromatic N) is 1. The van der Waals surface area contributed by atoms with E-state index < -0.39 is 19.2 Å². The Morgan fingerprint density at radius 3 is 2.44 bits per heavy atom. The lowest BCUT2D eigenvalue weighted by molar-refractivity contribution is -0.274. The smallest absolute Gasteiger partial charge is 0.422 e. The summed E-state index contributed by atoms with van der Waals surface area (Å²) in [5, 5.41) is 18.4. The van der Waals surface area contributed by atoms with Gasteiger partial charge in [-0.25, -0.2) is 0 Å². The Balaban J connectivity index is 2.60. The standard InChI is InChI=1S/C10H7BF3NO3/c12-10(13,14)18-8-3-1-2-7-6(8)4-5-15-9(7)11(16)17/h1-5,16-17H. The molecule has 4 nitrogen and oxygen atoms in total. The van der Waals surface area contributed by atoms with Crippen LogP contribution in [-0.2, 0) is 0 Å². The molecule has 2 N–H and O–H groups in total. The maximum Gasteiger partial charge on any atom is 0.573 e. The van der Waals surface area contributed by atoms with E-state index in [0.717, 1.165) is 6.07 Å². The monoisotopic (exact) mass is 257 g/mol. The zero-order chi connectivity index (χ0) is 13.3. The Morgan fingerprint density at radius 2 is 1.83 bits per heavy atom. The van der Waals surface area contributed by atoms with Crippen molar-refractivity contribution in [2.45, 2.75) is 6.36 Å². The van der Waals surface area contributed by atoms with Crippen molar-refractivity contribution in [3.05, 3.63) is 30.5 Å². The summed E-state index contributed by atoms with van der Waals surface area (Å²) in [6.07, 6.45) is -3.63. The Bertz CT molecular complexity index is 574. The zero-order valence-electron chi connectivity index (χ0n) is 8.85. The highest BCUT2D eigenvalue weighted by Crippen LogP contribution is 2.29. The van der Waals surface area contributed by atoms with E-state index in [0.29, 0.717) is 0 Å². The Labute approximate surface area is 99.8 Å². The van der Waals surface area contributed by atoms with Gasteiger partial charge in [-0.05, 0) is 12.1 Å². The van der Waals surface area contributed by atoms with Gasteiger partial charge in [-0.15, -0.1) is 13.2 Å². The van der Waals surface area contributed by atoms with Crippen LogP contribution in [0.15, 0.2) is 30.5 Å². The first kappa shape index (κ1) is 12.7. The molecule has 0 amide bonds. The molecular formula is C10H7BF3NO3. The first-order valence-electron chi connectivity index (χ1n) is 4.88. The SMILES string of the molecule is OB(O)c1nccc2c(OC(F)(F)F)cccc12. The first-order chi connectivity index (χ1) is 8.38. The van der Waals surface area contributed by atoms with Crippen molar-refractivity contribution in [1.82, 2.24) is 4.98 Å². The number of hydrogen-bond acceptors (Lipinski definition) is 4. The van der Waals surface area contributed by atoms with Gasteiger partial charge >= 0.3 is 13.5 Å². The lowest BCUT2D eigenvalue weighted by atomic mass is 9.82. The van der Waals surface area contributed by atoms with Gasteiger partial charge in [0.2, 0.25) is 0 Å². The summed E-state index contributed by atoms with van der Waals surface area (Å²) in [6.45, 7) is 0. The largest absolute Gasteiger partial charge is 0.573 e. The molecule has 0 saturated heterocycles. The molecule has 2 aromatic rings. The number of rotatable bonds is 2. The summed E-state index contributed by atoms with van der Waals surface area (Å²) in [7, 11) is -1.87. The van der Waals surface area contributed by atoms with Crippen LogP contribution < -0.4 is 10.3 Å². The lowest BCUT2D eigenvalue weighted by Crippen LogP contribution is -2.33. The molecule has 0 unspecified atom stereocenters. The van der Waals surface area contributed by atoms with Gasteiger partial charge in [-0.1, -0.05) is 12.1 Å². The Morgan fingerprint density at radius 1 is 1.11 bits per heavy atom. The van der Waals surface area contributed by atoms with Crippen molar-refractivity contribution in [3.8, 4) is 5.75 Å². The highest BCUT2D eigenvalue weighted by Gasteiger charge is 2.32. The van der Waals surface area contributed by atoms with Crippen LogP contribution in [0.3, 0.4) is 0 Å². The van der Waals surface area contributed by atoms with Gasteiger partial charge < -0.3 is 14.8 Å². The van der Waals surface area contributed by atoms with Gasteiger partial charge in [0.1, 0.15) is 5.75 Å². The molecule has 1 heterocycles. The summed E-state index contributed by atoms with van der Waals surface area (Å²) in [5.41, 5.74) is -0.125. The molecule has 0 aliphatic rings. The van der Waals surface area contributed by atoms with E-state index in [1.165, 1.54) is 24.4 Å². The Hall–Kier alpha value is -1.80. The van der Waals surface area contributed by atoms with Crippen LogP contribution in [0, 0.1) is 0 Å². The van der Waals surface area contributed by atoms with Crippen LogP contribution in [-0.4, -0.2) is 28.5 Å². The molecule has 0 atom stereocenters. The first-order valence-corrected chi connectivity index (χ1v) is 4.88. The molecule has 1 aromatic carbocycles. The van der Waals surface area contributed by atoms with Crippen LogP contribution in [0.5, 0.6) is 5.75 Å². The average Bonchev–Trinajstić information content (AvgIpc) is 2.26. The maximum atomic E-state index is 12.2. The number of alkyl halides is 3. The molecule has 0 bridgehead atoms. The number of ether oxygens (including phenoxy) is 1. The second-order valence-corrected chi connectivity index (χ2v) is 3.47. The summed E-state index contributed by atoms with van der Waals surface area (Å²) in [6, 6.07) is 5.20. The summed E-state index contributed by atoms with van der Waals surface area (Å²) >= 11 is 0. The predicted octanol–water partition coefficient (Wildman–Crippen LogP) is 0.813. The molecule has 8 heteroatoms. The topological polar surface area (TPSA) is 62.6 Å². The van der Waals surface area contributed by atoms with E-state index in [2.05, 4.69) is 9.72 Å².